The number of methoxy groups -OCH3 is 2. The summed E-state index contributed by atoms with van der Waals surface area (Å²) in [6.45, 7) is 6.93. The number of ether oxygens (including phenoxy) is 2. The average Bonchev–Trinajstić information content (AvgIpc) is 2.75. The molecule has 0 N–H and O–H groups in total. The molecular weight excluding hydrogens is 236 g/mol. The van der Waals surface area contributed by atoms with Gasteiger partial charge in [-0.2, -0.15) is 0 Å². The largest absolute Gasteiger partial charge is 0.492 e. The van der Waals surface area contributed by atoms with Gasteiger partial charge in [0.2, 0.25) is 0 Å². The molecule has 0 unspecified atom stereocenters. The molecule has 0 radical (unpaired) electrons. The Balaban J connectivity index is 3.24. The summed E-state index contributed by atoms with van der Waals surface area (Å²) in [6, 6.07) is 3.83. The maximum absolute atomic E-state index is 5.54. The van der Waals surface area contributed by atoms with Gasteiger partial charge in [-0.05, 0) is 0 Å². The molecule has 0 atom stereocenters. The molecule has 0 aromatic carbocycles. The molecule has 2 nitrogen and oxygen atoms in total. The third-order valence-corrected chi connectivity index (χ3v) is 11.3. The summed E-state index contributed by atoms with van der Waals surface area (Å²) in [7, 11) is 2.11. The minimum absolute atomic E-state index is 0.898. The Kier molecular flexibility index (Phi) is 4.86. The van der Waals surface area contributed by atoms with Crippen LogP contribution in [0.3, 0.4) is 0 Å². The lowest BCUT2D eigenvalue weighted by atomic mass is 10.5. The van der Waals surface area contributed by atoms with Crippen LogP contribution >= 0.6 is 11.3 Å². The zero-order valence-corrected chi connectivity index (χ0v) is 12.7. The van der Waals surface area contributed by atoms with Crippen LogP contribution in [-0.4, -0.2) is 22.3 Å². The summed E-state index contributed by atoms with van der Waals surface area (Å²) in [6.07, 6.45) is 0. The Morgan fingerprint density at radius 3 is 2.00 bits per heavy atom. The van der Waals surface area contributed by atoms with Gasteiger partial charge in [0, 0.05) is 9.88 Å². The van der Waals surface area contributed by atoms with Gasteiger partial charge in [-0.25, -0.2) is 0 Å². The maximum atomic E-state index is 5.54. The molecule has 0 bridgehead atoms. The van der Waals surface area contributed by atoms with Crippen LogP contribution in [0.5, 0.6) is 11.5 Å². The molecule has 1 heterocycles. The summed E-state index contributed by atoms with van der Waals surface area (Å²) in [5.74, 6) is 1.89. The highest BCUT2D eigenvalue weighted by Crippen LogP contribution is 2.35. The van der Waals surface area contributed by atoms with Crippen molar-refractivity contribution in [2.24, 2.45) is 0 Å². The van der Waals surface area contributed by atoms with Crippen molar-refractivity contribution in [1.29, 1.82) is 0 Å². The summed E-state index contributed by atoms with van der Waals surface area (Å²) >= 11 is 1.82. The summed E-state index contributed by atoms with van der Waals surface area (Å²) in [5, 5.41) is 2.08. The monoisotopic (exact) mass is 258 g/mol. The molecule has 0 aliphatic rings. The molecule has 1 aromatic heterocycles. The minimum Gasteiger partial charge on any atom is -0.492 e. The molecule has 0 saturated carbocycles. The first-order valence-electron chi connectivity index (χ1n) is 5.89. The number of thiophene rings is 1. The Labute approximate surface area is 104 Å². The first-order valence-corrected chi connectivity index (χ1v) is 9.39. The molecule has 0 spiro atoms. The van der Waals surface area contributed by atoms with Gasteiger partial charge in [0.25, 0.3) is 0 Å². The molecule has 0 amide bonds. The molecule has 1 rings (SSSR count). The van der Waals surface area contributed by atoms with Crippen LogP contribution in [0.2, 0.25) is 18.1 Å². The number of hydrogen-bond donors (Lipinski definition) is 0. The highest BCUT2D eigenvalue weighted by molar-refractivity contribution is 7.26. The third kappa shape index (κ3) is 2.13. The predicted molar refractivity (Wildman–Crippen MR) is 74.3 cm³/mol. The van der Waals surface area contributed by atoms with E-state index in [1.54, 1.807) is 14.2 Å². The minimum atomic E-state index is -1.34. The molecule has 92 valence electrons. The summed E-state index contributed by atoms with van der Waals surface area (Å²) in [5.41, 5.74) is 0. The Hall–Kier alpha value is -0.483. The lowest BCUT2D eigenvalue weighted by molar-refractivity contribution is 0.360. The Morgan fingerprint density at radius 1 is 1.06 bits per heavy atom. The van der Waals surface area contributed by atoms with Crippen molar-refractivity contribution in [2.45, 2.75) is 38.9 Å². The van der Waals surface area contributed by atoms with E-state index in [1.165, 1.54) is 22.6 Å². The Morgan fingerprint density at radius 2 is 1.62 bits per heavy atom. The maximum Gasteiger partial charge on any atom is 0.171 e. The zero-order chi connectivity index (χ0) is 12.2. The zero-order valence-electron chi connectivity index (χ0n) is 10.9. The smallest absolute Gasteiger partial charge is 0.171 e. The molecule has 0 fully saturated rings. The van der Waals surface area contributed by atoms with Gasteiger partial charge in [-0.3, -0.25) is 0 Å². The second-order valence-corrected chi connectivity index (χ2v) is 10.4. The normalized spacial score (nSPS) is 11.6. The predicted octanol–water partition coefficient (Wildman–Crippen LogP) is 3.48. The summed E-state index contributed by atoms with van der Waals surface area (Å²) < 4.78 is 12.4. The molecule has 0 aliphatic heterocycles. The second kappa shape index (κ2) is 5.73. The lowest BCUT2D eigenvalue weighted by Gasteiger charge is -2.27. The van der Waals surface area contributed by atoms with E-state index < -0.39 is 8.07 Å². The number of hydrogen-bond acceptors (Lipinski definition) is 3. The van der Waals surface area contributed by atoms with E-state index in [9.17, 15) is 0 Å². The standard InChI is InChI=1S/C12H22O2SSi/c1-6-16(7-2,8-3)12-11(14-5)10(13-4)9-15-12/h9H,6-8H2,1-5H3. The van der Waals surface area contributed by atoms with Crippen molar-refractivity contribution in [3.63, 3.8) is 0 Å². The van der Waals surface area contributed by atoms with Gasteiger partial charge in [-0.15, -0.1) is 11.3 Å². The molecule has 16 heavy (non-hydrogen) atoms. The van der Waals surface area contributed by atoms with Gasteiger partial charge in [0.1, 0.15) is 8.07 Å². The highest BCUT2D eigenvalue weighted by Gasteiger charge is 2.35. The first kappa shape index (κ1) is 13.6. The van der Waals surface area contributed by atoms with Crippen LogP contribution in [0.25, 0.3) is 0 Å². The SMILES string of the molecule is CC[Si](CC)(CC)c1scc(OC)c1OC. The molecule has 1 aromatic rings. The summed E-state index contributed by atoms with van der Waals surface area (Å²) in [4.78, 5) is 0. The molecule has 4 heteroatoms. The van der Waals surface area contributed by atoms with Crippen molar-refractivity contribution in [3.8, 4) is 11.5 Å². The topological polar surface area (TPSA) is 18.5 Å². The van der Waals surface area contributed by atoms with Crippen LogP contribution in [-0.2, 0) is 0 Å². The lowest BCUT2D eigenvalue weighted by Crippen LogP contribution is -2.44. The van der Waals surface area contributed by atoms with Crippen LogP contribution in [0, 0.1) is 0 Å². The highest BCUT2D eigenvalue weighted by atomic mass is 32.1. The van der Waals surface area contributed by atoms with E-state index in [0.717, 1.165) is 11.5 Å². The van der Waals surface area contributed by atoms with Crippen molar-refractivity contribution in [3.05, 3.63) is 5.38 Å². The van der Waals surface area contributed by atoms with Gasteiger partial charge in [-0.1, -0.05) is 38.9 Å². The molecule has 0 aliphatic carbocycles. The van der Waals surface area contributed by atoms with Gasteiger partial charge >= 0.3 is 0 Å². The van der Waals surface area contributed by atoms with Crippen LogP contribution < -0.4 is 14.0 Å². The van der Waals surface area contributed by atoms with Crippen molar-refractivity contribution in [1.82, 2.24) is 0 Å². The quantitative estimate of drug-likeness (QED) is 0.727. The van der Waals surface area contributed by atoms with E-state index in [-0.39, 0.29) is 0 Å². The van der Waals surface area contributed by atoms with Crippen LogP contribution in [0.15, 0.2) is 5.38 Å². The molecule has 0 saturated heterocycles. The molecular formula is C12H22O2SSi. The average molecular weight is 258 g/mol. The third-order valence-electron chi connectivity index (χ3n) is 3.65. The van der Waals surface area contributed by atoms with Crippen molar-refractivity contribution >= 4 is 23.9 Å². The van der Waals surface area contributed by atoms with Gasteiger partial charge in [0.05, 0.1) is 14.2 Å². The van der Waals surface area contributed by atoms with Crippen molar-refractivity contribution in [2.75, 3.05) is 14.2 Å². The van der Waals surface area contributed by atoms with Gasteiger partial charge < -0.3 is 9.47 Å². The van der Waals surface area contributed by atoms with E-state index in [4.69, 9.17) is 9.47 Å². The fraction of sp³-hybridized carbons (Fsp3) is 0.667. The van der Waals surface area contributed by atoms with Crippen LogP contribution in [0.4, 0.5) is 0 Å². The number of rotatable bonds is 6. The van der Waals surface area contributed by atoms with Gasteiger partial charge in [0.15, 0.2) is 11.5 Å². The second-order valence-electron chi connectivity index (χ2n) is 4.01. The van der Waals surface area contributed by atoms with E-state index in [2.05, 4.69) is 26.2 Å². The van der Waals surface area contributed by atoms with E-state index >= 15 is 0 Å². The Bertz CT molecular complexity index is 323. The van der Waals surface area contributed by atoms with Crippen LogP contribution in [0.1, 0.15) is 20.8 Å². The first-order chi connectivity index (χ1) is 7.68. The van der Waals surface area contributed by atoms with E-state index in [1.807, 2.05) is 11.3 Å². The fourth-order valence-corrected chi connectivity index (χ4v) is 8.63. The fourth-order valence-electron chi connectivity index (χ4n) is 2.26. The van der Waals surface area contributed by atoms with E-state index in [0.29, 0.717) is 0 Å². The van der Waals surface area contributed by atoms with Crippen molar-refractivity contribution < 1.29 is 9.47 Å².